The fourth-order valence-corrected chi connectivity index (χ4v) is 1.84. The number of amides is 1. The van der Waals surface area contributed by atoms with E-state index in [4.69, 9.17) is 10.8 Å². The Bertz CT molecular complexity index is 197. The van der Waals surface area contributed by atoms with Gasteiger partial charge in [-0.3, -0.25) is 4.79 Å². The molecule has 0 spiro atoms. The summed E-state index contributed by atoms with van der Waals surface area (Å²) in [6.45, 7) is 3.79. The molecule has 2 unspecified atom stereocenters. The summed E-state index contributed by atoms with van der Waals surface area (Å²) in [4.78, 5) is 13.4. The minimum absolute atomic E-state index is 0.0704. The van der Waals surface area contributed by atoms with Crippen LogP contribution in [0, 0.1) is 5.92 Å². The highest BCUT2D eigenvalue weighted by molar-refractivity contribution is 5.82. The van der Waals surface area contributed by atoms with Gasteiger partial charge < -0.3 is 15.7 Å². The number of carbonyl (C=O) groups is 1. The zero-order valence-corrected chi connectivity index (χ0v) is 8.78. The molecule has 1 aliphatic heterocycles. The van der Waals surface area contributed by atoms with Crippen molar-refractivity contribution in [2.24, 2.45) is 11.7 Å². The van der Waals surface area contributed by atoms with Crippen LogP contribution in [0.3, 0.4) is 0 Å². The molecule has 0 aromatic heterocycles. The molecule has 0 saturated carbocycles. The molecule has 1 heterocycles. The summed E-state index contributed by atoms with van der Waals surface area (Å²) in [5.41, 5.74) is 5.68. The average molecular weight is 200 g/mol. The number of nitrogens with zero attached hydrogens (tertiary/aromatic N) is 1. The van der Waals surface area contributed by atoms with E-state index >= 15 is 0 Å². The zero-order chi connectivity index (χ0) is 10.6. The maximum atomic E-state index is 11.6. The second-order valence-electron chi connectivity index (χ2n) is 4.15. The van der Waals surface area contributed by atoms with Crippen LogP contribution in [0.5, 0.6) is 0 Å². The number of carbonyl (C=O) groups excluding carboxylic acids is 1. The van der Waals surface area contributed by atoms with E-state index in [1.807, 2.05) is 11.8 Å². The molecule has 0 aromatic carbocycles. The number of piperidine rings is 1. The lowest BCUT2D eigenvalue weighted by Crippen LogP contribution is -2.49. The lowest BCUT2D eigenvalue weighted by atomic mass is 10.0. The maximum Gasteiger partial charge on any atom is 0.239 e. The normalized spacial score (nSPS) is 25.2. The molecule has 1 rings (SSSR count). The van der Waals surface area contributed by atoms with Crippen molar-refractivity contribution in [2.45, 2.75) is 32.2 Å². The molecule has 0 aromatic rings. The molecule has 1 amide bonds. The van der Waals surface area contributed by atoms with Crippen LogP contribution < -0.4 is 5.73 Å². The Morgan fingerprint density at radius 2 is 2.43 bits per heavy atom. The van der Waals surface area contributed by atoms with Crippen LogP contribution in [0.2, 0.25) is 0 Å². The van der Waals surface area contributed by atoms with E-state index in [1.54, 1.807) is 0 Å². The number of likely N-dealkylation sites (tertiary alicyclic amines) is 1. The minimum atomic E-state index is -0.301. The number of hydrogen-bond donors (Lipinski definition) is 2. The first-order valence-corrected chi connectivity index (χ1v) is 5.30. The highest BCUT2D eigenvalue weighted by Gasteiger charge is 2.26. The Balaban J connectivity index is 2.39. The van der Waals surface area contributed by atoms with Gasteiger partial charge in [-0.2, -0.15) is 0 Å². The molecule has 4 nitrogen and oxygen atoms in total. The third kappa shape index (κ3) is 2.96. The van der Waals surface area contributed by atoms with E-state index < -0.39 is 0 Å². The van der Waals surface area contributed by atoms with E-state index in [-0.39, 0.29) is 18.6 Å². The molecule has 4 heteroatoms. The lowest BCUT2D eigenvalue weighted by Gasteiger charge is -2.32. The molecule has 1 saturated heterocycles. The van der Waals surface area contributed by atoms with Gasteiger partial charge in [0.1, 0.15) is 0 Å². The summed E-state index contributed by atoms with van der Waals surface area (Å²) in [5.74, 6) is 0.426. The summed E-state index contributed by atoms with van der Waals surface area (Å²) in [6, 6.07) is -0.301. The third-order valence-corrected chi connectivity index (χ3v) is 2.73. The standard InChI is InChI=1S/C10H20N2O2/c1-8(4-6-13)7-12-5-2-3-9(11)10(12)14/h8-9,13H,2-7,11H2,1H3. The molecular weight excluding hydrogens is 180 g/mol. The molecule has 2 atom stereocenters. The second kappa shape index (κ2) is 5.32. The fraction of sp³-hybridized carbons (Fsp3) is 0.900. The molecule has 0 aliphatic carbocycles. The van der Waals surface area contributed by atoms with Crippen LogP contribution >= 0.6 is 0 Å². The van der Waals surface area contributed by atoms with Crippen molar-refractivity contribution < 1.29 is 9.90 Å². The van der Waals surface area contributed by atoms with Crippen LogP contribution in [-0.4, -0.2) is 41.7 Å². The summed E-state index contributed by atoms with van der Waals surface area (Å²) in [6.07, 6.45) is 2.56. The van der Waals surface area contributed by atoms with Crippen molar-refractivity contribution >= 4 is 5.91 Å². The van der Waals surface area contributed by atoms with E-state index in [0.717, 1.165) is 32.4 Å². The average Bonchev–Trinajstić information content (AvgIpc) is 2.13. The van der Waals surface area contributed by atoms with Crippen molar-refractivity contribution in [1.82, 2.24) is 4.90 Å². The maximum absolute atomic E-state index is 11.6. The Hall–Kier alpha value is -0.610. The van der Waals surface area contributed by atoms with Crippen molar-refractivity contribution in [3.05, 3.63) is 0 Å². The van der Waals surface area contributed by atoms with Gasteiger partial charge in [-0.25, -0.2) is 0 Å². The van der Waals surface area contributed by atoms with Crippen LogP contribution in [0.1, 0.15) is 26.2 Å². The first kappa shape index (κ1) is 11.5. The molecule has 3 N–H and O–H groups in total. The van der Waals surface area contributed by atoms with Gasteiger partial charge >= 0.3 is 0 Å². The number of nitrogens with two attached hydrogens (primary N) is 1. The fourth-order valence-electron chi connectivity index (χ4n) is 1.84. The number of rotatable bonds is 4. The van der Waals surface area contributed by atoms with Gasteiger partial charge in [0, 0.05) is 19.7 Å². The predicted molar refractivity (Wildman–Crippen MR) is 54.7 cm³/mol. The first-order chi connectivity index (χ1) is 6.65. The summed E-state index contributed by atoms with van der Waals surface area (Å²) in [5, 5.41) is 8.76. The van der Waals surface area contributed by atoms with Gasteiger partial charge in [0.15, 0.2) is 0 Å². The summed E-state index contributed by atoms with van der Waals surface area (Å²) < 4.78 is 0. The van der Waals surface area contributed by atoms with Gasteiger partial charge in [0.25, 0.3) is 0 Å². The number of hydrogen-bond acceptors (Lipinski definition) is 3. The van der Waals surface area contributed by atoms with Gasteiger partial charge in [0.05, 0.1) is 6.04 Å². The second-order valence-corrected chi connectivity index (χ2v) is 4.15. The SMILES string of the molecule is CC(CCO)CN1CCCC(N)C1=O. The smallest absolute Gasteiger partial charge is 0.239 e. The van der Waals surface area contributed by atoms with Crippen LogP contribution in [0.25, 0.3) is 0 Å². The van der Waals surface area contributed by atoms with Gasteiger partial charge in [-0.05, 0) is 25.2 Å². The monoisotopic (exact) mass is 200 g/mol. The predicted octanol–water partition coefficient (Wildman–Crippen LogP) is -0.0454. The highest BCUT2D eigenvalue weighted by atomic mass is 16.3. The number of aliphatic hydroxyl groups excluding tert-OH is 1. The van der Waals surface area contributed by atoms with Gasteiger partial charge in [-0.1, -0.05) is 6.92 Å². The quantitative estimate of drug-likeness (QED) is 0.669. The third-order valence-electron chi connectivity index (χ3n) is 2.73. The van der Waals surface area contributed by atoms with Gasteiger partial charge in [0.2, 0.25) is 5.91 Å². The molecule has 0 bridgehead atoms. The molecule has 14 heavy (non-hydrogen) atoms. The Morgan fingerprint density at radius 3 is 3.07 bits per heavy atom. The van der Waals surface area contributed by atoms with Crippen molar-refractivity contribution in [2.75, 3.05) is 19.7 Å². The van der Waals surface area contributed by atoms with Crippen LogP contribution in [0.15, 0.2) is 0 Å². The highest BCUT2D eigenvalue weighted by Crippen LogP contribution is 2.13. The van der Waals surface area contributed by atoms with Gasteiger partial charge in [-0.15, -0.1) is 0 Å². The minimum Gasteiger partial charge on any atom is -0.396 e. The molecule has 1 aliphatic rings. The van der Waals surface area contributed by atoms with Crippen LogP contribution in [0.4, 0.5) is 0 Å². The van der Waals surface area contributed by atoms with E-state index in [1.165, 1.54) is 0 Å². The van der Waals surface area contributed by atoms with E-state index in [9.17, 15) is 4.79 Å². The van der Waals surface area contributed by atoms with Crippen molar-refractivity contribution in [1.29, 1.82) is 0 Å². The van der Waals surface area contributed by atoms with Crippen LogP contribution in [-0.2, 0) is 4.79 Å². The van der Waals surface area contributed by atoms with Crippen molar-refractivity contribution in [3.63, 3.8) is 0 Å². The summed E-state index contributed by atoms with van der Waals surface area (Å²) in [7, 11) is 0. The lowest BCUT2D eigenvalue weighted by molar-refractivity contribution is -0.135. The Kier molecular flexibility index (Phi) is 4.35. The molecule has 82 valence electrons. The largest absolute Gasteiger partial charge is 0.396 e. The topological polar surface area (TPSA) is 66.6 Å². The summed E-state index contributed by atoms with van der Waals surface area (Å²) >= 11 is 0. The van der Waals surface area contributed by atoms with E-state index in [2.05, 4.69) is 0 Å². The number of aliphatic hydroxyl groups is 1. The zero-order valence-electron chi connectivity index (χ0n) is 8.78. The Morgan fingerprint density at radius 1 is 1.71 bits per heavy atom. The molecule has 1 fully saturated rings. The van der Waals surface area contributed by atoms with E-state index in [0.29, 0.717) is 5.92 Å². The first-order valence-electron chi connectivity index (χ1n) is 5.30. The molecule has 0 radical (unpaired) electrons. The molecular formula is C10H20N2O2. The van der Waals surface area contributed by atoms with Crippen molar-refractivity contribution in [3.8, 4) is 0 Å². The Labute approximate surface area is 85.1 Å².